The van der Waals surface area contributed by atoms with Crippen molar-refractivity contribution in [2.45, 2.75) is 51.4 Å². The fraction of sp³-hybridized carbons (Fsp3) is 0.577. The lowest BCUT2D eigenvalue weighted by Gasteiger charge is -2.51. The highest BCUT2D eigenvalue weighted by Crippen LogP contribution is 2.49. The average Bonchev–Trinajstić information content (AvgIpc) is 3.45. The van der Waals surface area contributed by atoms with Crippen molar-refractivity contribution >= 4 is 18.3 Å². The summed E-state index contributed by atoms with van der Waals surface area (Å²) in [4.78, 5) is 21.4. The van der Waals surface area contributed by atoms with Gasteiger partial charge in [0, 0.05) is 30.7 Å². The first kappa shape index (κ1) is 23.2. The summed E-state index contributed by atoms with van der Waals surface area (Å²) < 4.78 is 5.58. The van der Waals surface area contributed by atoms with E-state index in [1.807, 2.05) is 11.0 Å². The van der Waals surface area contributed by atoms with E-state index in [-0.39, 0.29) is 23.7 Å². The van der Waals surface area contributed by atoms with Gasteiger partial charge in [0.05, 0.1) is 7.11 Å². The maximum absolute atomic E-state index is 13.2. The van der Waals surface area contributed by atoms with E-state index in [1.54, 1.807) is 7.11 Å². The quantitative estimate of drug-likeness (QED) is 0.741. The Morgan fingerprint density at radius 2 is 2.03 bits per heavy atom. The molecule has 1 N–H and O–H groups in total. The normalized spacial score (nSPS) is 25.1. The van der Waals surface area contributed by atoms with Crippen LogP contribution < -0.4 is 4.74 Å². The summed E-state index contributed by atoms with van der Waals surface area (Å²) in [5.41, 5.74) is 6.17. The number of carbonyl (C=O) groups is 1. The summed E-state index contributed by atoms with van der Waals surface area (Å²) in [6, 6.07) is 8.69. The van der Waals surface area contributed by atoms with Crippen LogP contribution in [-0.2, 0) is 18.3 Å². The molecule has 5 rings (SSSR count). The lowest BCUT2D eigenvalue weighted by atomic mass is 9.58. The molecule has 0 radical (unpaired) electrons. The molecular weight excluding hydrogens is 422 g/mol. The van der Waals surface area contributed by atoms with Gasteiger partial charge in [-0.05, 0) is 86.9 Å². The number of piperidine rings is 1. The van der Waals surface area contributed by atoms with E-state index >= 15 is 0 Å². The number of aromatic amines is 1. The Bertz CT molecular complexity index is 981. The number of rotatable bonds is 4. The zero-order valence-corrected chi connectivity index (χ0v) is 20.4. The Morgan fingerprint density at radius 3 is 2.75 bits per heavy atom. The van der Waals surface area contributed by atoms with Crippen LogP contribution in [0.4, 0.5) is 0 Å². The van der Waals surface area contributed by atoms with Crippen molar-refractivity contribution in [3.63, 3.8) is 0 Å². The van der Waals surface area contributed by atoms with Gasteiger partial charge in [0.15, 0.2) is 0 Å². The number of aromatic nitrogens is 1. The Labute approximate surface area is 197 Å². The van der Waals surface area contributed by atoms with E-state index in [2.05, 4.69) is 41.9 Å². The number of fused-ring (bicyclic) bond motifs is 2. The molecule has 2 atom stereocenters. The zero-order chi connectivity index (χ0) is 21.6. The van der Waals surface area contributed by atoms with Gasteiger partial charge in [-0.15, -0.1) is 12.4 Å². The highest BCUT2D eigenvalue weighted by molar-refractivity contribution is 5.94. The van der Waals surface area contributed by atoms with Crippen LogP contribution in [-0.4, -0.2) is 60.5 Å². The molecule has 2 aliphatic heterocycles. The van der Waals surface area contributed by atoms with Gasteiger partial charge in [0.1, 0.15) is 11.4 Å². The smallest absolute Gasteiger partial charge is 0.270 e. The second-order valence-corrected chi connectivity index (χ2v) is 9.69. The number of nitrogens with one attached hydrogen (secondary N) is 1. The van der Waals surface area contributed by atoms with E-state index in [4.69, 9.17) is 4.74 Å². The van der Waals surface area contributed by atoms with Crippen LogP contribution in [0.25, 0.3) is 0 Å². The summed E-state index contributed by atoms with van der Waals surface area (Å²) in [5, 5.41) is 0. The van der Waals surface area contributed by atoms with E-state index in [1.165, 1.54) is 22.4 Å². The fourth-order valence-corrected chi connectivity index (χ4v) is 6.31. The van der Waals surface area contributed by atoms with Crippen molar-refractivity contribution in [2.24, 2.45) is 5.92 Å². The standard InChI is InChI=1S/C26H35N3O2.ClH/c1-4-28-13-10-26(19-8-7-9-21(14-19)31-3)16-23-22(15-20(26)17-28)18(2)24(27-23)25(30)29-11-5-6-12-29;/h7-9,14,20,27H,4-6,10-13,15-17H2,1-3H3;1H/t20-,26+;/m1./s1. The SMILES string of the molecule is CCN1CC[C@@]2(c3cccc(OC)c3)Cc3[nH]c(C(=O)N4CCCC4)c(C)c3C[C@@H]2C1.Cl. The number of methoxy groups -OCH3 is 1. The van der Waals surface area contributed by atoms with E-state index < -0.39 is 0 Å². The van der Waals surface area contributed by atoms with Crippen molar-refractivity contribution in [3.05, 3.63) is 52.3 Å². The number of hydrogen-bond acceptors (Lipinski definition) is 3. The molecule has 2 fully saturated rings. The predicted octanol–water partition coefficient (Wildman–Crippen LogP) is 4.37. The van der Waals surface area contributed by atoms with Crippen LogP contribution in [0.5, 0.6) is 5.75 Å². The maximum Gasteiger partial charge on any atom is 0.270 e. The van der Waals surface area contributed by atoms with Gasteiger partial charge in [-0.25, -0.2) is 0 Å². The molecule has 0 bridgehead atoms. The molecule has 3 heterocycles. The van der Waals surface area contributed by atoms with Crippen LogP contribution in [0.3, 0.4) is 0 Å². The number of likely N-dealkylation sites (tertiary alicyclic amines) is 2. The van der Waals surface area contributed by atoms with Gasteiger partial charge in [-0.2, -0.15) is 0 Å². The molecule has 174 valence electrons. The van der Waals surface area contributed by atoms with Crippen molar-refractivity contribution in [3.8, 4) is 5.75 Å². The highest BCUT2D eigenvalue weighted by atomic mass is 35.5. The van der Waals surface area contributed by atoms with Crippen molar-refractivity contribution in [1.29, 1.82) is 0 Å². The summed E-state index contributed by atoms with van der Waals surface area (Å²) in [6.45, 7) is 9.54. The van der Waals surface area contributed by atoms with Crippen molar-refractivity contribution in [2.75, 3.05) is 39.8 Å². The lowest BCUT2D eigenvalue weighted by molar-refractivity contribution is 0.0786. The molecule has 1 aromatic carbocycles. The maximum atomic E-state index is 13.2. The molecule has 2 aromatic rings. The number of halogens is 1. The first-order valence-corrected chi connectivity index (χ1v) is 11.9. The molecular formula is C26H36ClN3O2. The topological polar surface area (TPSA) is 48.6 Å². The van der Waals surface area contributed by atoms with Gasteiger partial charge in [-0.3, -0.25) is 4.79 Å². The molecule has 32 heavy (non-hydrogen) atoms. The molecule has 2 saturated heterocycles. The first-order chi connectivity index (χ1) is 15.1. The Morgan fingerprint density at radius 1 is 1.25 bits per heavy atom. The van der Waals surface area contributed by atoms with Gasteiger partial charge in [-0.1, -0.05) is 19.1 Å². The van der Waals surface area contributed by atoms with Crippen molar-refractivity contribution < 1.29 is 9.53 Å². The molecule has 1 aromatic heterocycles. The molecule has 6 heteroatoms. The number of ether oxygens (including phenoxy) is 1. The summed E-state index contributed by atoms with van der Waals surface area (Å²) in [7, 11) is 1.75. The first-order valence-electron chi connectivity index (χ1n) is 11.9. The van der Waals surface area contributed by atoms with Crippen molar-refractivity contribution in [1.82, 2.24) is 14.8 Å². The molecule has 3 aliphatic rings. The molecule has 1 amide bonds. The lowest BCUT2D eigenvalue weighted by Crippen LogP contribution is -2.53. The third kappa shape index (κ3) is 3.73. The van der Waals surface area contributed by atoms with Crippen LogP contribution in [0.1, 0.15) is 59.1 Å². The Hall–Kier alpha value is -1.98. The summed E-state index contributed by atoms with van der Waals surface area (Å²) in [6.07, 6.45) is 5.41. The molecule has 0 saturated carbocycles. The highest BCUT2D eigenvalue weighted by Gasteiger charge is 2.48. The number of H-pyrrole nitrogens is 1. The van der Waals surface area contributed by atoms with Crippen LogP contribution >= 0.6 is 12.4 Å². The van der Waals surface area contributed by atoms with E-state index in [0.717, 1.165) is 76.3 Å². The predicted molar refractivity (Wildman–Crippen MR) is 130 cm³/mol. The second kappa shape index (κ2) is 9.11. The third-order valence-electron chi connectivity index (χ3n) is 8.24. The largest absolute Gasteiger partial charge is 0.497 e. The number of benzene rings is 1. The van der Waals surface area contributed by atoms with E-state index in [9.17, 15) is 4.79 Å². The average molecular weight is 458 g/mol. The Kier molecular flexibility index (Phi) is 6.60. The zero-order valence-electron chi connectivity index (χ0n) is 19.6. The van der Waals surface area contributed by atoms with Crippen LogP contribution in [0.15, 0.2) is 24.3 Å². The molecule has 0 unspecified atom stereocenters. The minimum absolute atomic E-state index is 0. The third-order valence-corrected chi connectivity index (χ3v) is 8.24. The monoisotopic (exact) mass is 457 g/mol. The van der Waals surface area contributed by atoms with Gasteiger partial charge in [0.25, 0.3) is 5.91 Å². The van der Waals surface area contributed by atoms with Gasteiger partial charge >= 0.3 is 0 Å². The molecule has 0 spiro atoms. The minimum Gasteiger partial charge on any atom is -0.497 e. The number of nitrogens with zero attached hydrogens (tertiary/aromatic N) is 2. The summed E-state index contributed by atoms with van der Waals surface area (Å²) in [5.74, 6) is 1.67. The molecule has 5 nitrogen and oxygen atoms in total. The van der Waals surface area contributed by atoms with Crippen LogP contribution in [0, 0.1) is 12.8 Å². The molecule has 1 aliphatic carbocycles. The van der Waals surface area contributed by atoms with Crippen LogP contribution in [0.2, 0.25) is 0 Å². The van der Waals surface area contributed by atoms with Gasteiger partial charge in [0.2, 0.25) is 0 Å². The number of hydrogen-bond donors (Lipinski definition) is 1. The van der Waals surface area contributed by atoms with E-state index in [0.29, 0.717) is 5.92 Å². The second-order valence-electron chi connectivity index (χ2n) is 9.69. The number of amides is 1. The fourth-order valence-electron chi connectivity index (χ4n) is 6.31. The summed E-state index contributed by atoms with van der Waals surface area (Å²) >= 11 is 0. The minimum atomic E-state index is 0. The number of carbonyl (C=O) groups excluding carboxylic acids is 1. The van der Waals surface area contributed by atoms with Gasteiger partial charge < -0.3 is 19.5 Å². The Balaban J connectivity index is 0.00000245.